The van der Waals surface area contributed by atoms with Crippen LogP contribution in [0, 0.1) is 10.1 Å². The Balaban J connectivity index is 1.37. The minimum atomic E-state index is -0.469. The number of nitro groups is 1. The van der Waals surface area contributed by atoms with E-state index in [4.69, 9.17) is 9.15 Å². The third-order valence-electron chi connectivity index (χ3n) is 6.03. The average Bonchev–Trinajstić information content (AvgIpc) is 3.36. The van der Waals surface area contributed by atoms with Gasteiger partial charge in [-0.05, 0) is 60.7 Å². The van der Waals surface area contributed by atoms with Gasteiger partial charge in [-0.1, -0.05) is 49.6 Å². The normalized spacial score (nSPS) is 14.2. The molecule has 0 bridgehead atoms. The van der Waals surface area contributed by atoms with Crippen molar-refractivity contribution in [3.05, 3.63) is 88.5 Å². The second-order valence-electron chi connectivity index (χ2n) is 8.22. The van der Waals surface area contributed by atoms with Gasteiger partial charge in [-0.15, -0.1) is 10.2 Å². The lowest BCUT2D eigenvalue weighted by atomic mass is 9.84. The Bertz CT molecular complexity index is 1250. The van der Waals surface area contributed by atoms with Crippen molar-refractivity contribution >= 4 is 5.69 Å². The van der Waals surface area contributed by atoms with Gasteiger partial charge in [-0.3, -0.25) is 10.1 Å². The third kappa shape index (κ3) is 4.62. The molecule has 1 aliphatic rings. The summed E-state index contributed by atoms with van der Waals surface area (Å²) in [5, 5.41) is 19.8. The van der Waals surface area contributed by atoms with E-state index in [0.717, 1.165) is 5.56 Å². The van der Waals surface area contributed by atoms with Crippen molar-refractivity contribution in [2.75, 3.05) is 0 Å². The molecule has 166 valence electrons. The molecule has 1 aromatic heterocycles. The number of ether oxygens (including phenoxy) is 1. The second-order valence-corrected chi connectivity index (χ2v) is 8.22. The minimum absolute atomic E-state index is 0.164. The van der Waals surface area contributed by atoms with Gasteiger partial charge in [0.1, 0.15) is 5.75 Å². The summed E-state index contributed by atoms with van der Waals surface area (Å²) in [5.41, 5.74) is 2.37. The highest BCUT2D eigenvalue weighted by Crippen LogP contribution is 2.37. The first-order valence-corrected chi connectivity index (χ1v) is 11.1. The zero-order valence-electron chi connectivity index (χ0n) is 18.0. The van der Waals surface area contributed by atoms with Gasteiger partial charge in [0.25, 0.3) is 0 Å². The highest BCUT2D eigenvalue weighted by Gasteiger charge is 2.21. The SMILES string of the molecule is O=[N+]([O-])c1cc(-c2nnc(-c3ccccc3)o2)ccc1Oc1ccc(C2CCCCC2)cc1. The van der Waals surface area contributed by atoms with Crippen molar-refractivity contribution in [1.29, 1.82) is 0 Å². The van der Waals surface area contributed by atoms with Gasteiger partial charge in [0, 0.05) is 17.2 Å². The Kier molecular flexibility index (Phi) is 5.85. The molecular formula is C26H23N3O4. The molecule has 0 spiro atoms. The summed E-state index contributed by atoms with van der Waals surface area (Å²) in [5.74, 6) is 1.88. The molecule has 1 saturated carbocycles. The largest absolute Gasteiger partial charge is 0.450 e. The Morgan fingerprint density at radius 3 is 2.24 bits per heavy atom. The summed E-state index contributed by atoms with van der Waals surface area (Å²) in [6.45, 7) is 0. The van der Waals surface area contributed by atoms with Crippen LogP contribution < -0.4 is 4.74 Å². The van der Waals surface area contributed by atoms with Crippen molar-refractivity contribution in [3.8, 4) is 34.4 Å². The van der Waals surface area contributed by atoms with Crippen LogP contribution in [0.1, 0.15) is 43.6 Å². The van der Waals surface area contributed by atoms with Gasteiger partial charge in [0.05, 0.1) is 4.92 Å². The van der Waals surface area contributed by atoms with E-state index < -0.39 is 4.92 Å². The van der Waals surface area contributed by atoms with Crippen LogP contribution in [0.4, 0.5) is 5.69 Å². The summed E-state index contributed by atoms with van der Waals surface area (Å²) in [6, 6.07) is 21.9. The van der Waals surface area contributed by atoms with Crippen LogP contribution in [0.25, 0.3) is 22.9 Å². The molecule has 5 rings (SSSR count). The van der Waals surface area contributed by atoms with E-state index in [-0.39, 0.29) is 17.3 Å². The maximum absolute atomic E-state index is 11.7. The summed E-state index contributed by atoms with van der Waals surface area (Å²) in [7, 11) is 0. The molecule has 33 heavy (non-hydrogen) atoms. The monoisotopic (exact) mass is 441 g/mol. The van der Waals surface area contributed by atoms with E-state index in [2.05, 4.69) is 22.3 Å². The summed E-state index contributed by atoms with van der Waals surface area (Å²) >= 11 is 0. The highest BCUT2D eigenvalue weighted by atomic mass is 16.6. The van der Waals surface area contributed by atoms with Gasteiger partial charge in [0.2, 0.25) is 17.5 Å². The van der Waals surface area contributed by atoms with Gasteiger partial charge >= 0.3 is 5.69 Å². The van der Waals surface area contributed by atoms with Crippen molar-refractivity contribution in [3.63, 3.8) is 0 Å². The van der Waals surface area contributed by atoms with Gasteiger partial charge in [-0.2, -0.15) is 0 Å². The van der Waals surface area contributed by atoms with E-state index in [9.17, 15) is 10.1 Å². The maximum Gasteiger partial charge on any atom is 0.312 e. The molecule has 0 N–H and O–H groups in total. The van der Waals surface area contributed by atoms with E-state index in [1.165, 1.54) is 43.7 Å². The number of nitro benzene ring substituents is 1. The lowest BCUT2D eigenvalue weighted by Gasteiger charge is -2.22. The van der Waals surface area contributed by atoms with Crippen LogP contribution in [-0.2, 0) is 0 Å². The number of hydrogen-bond donors (Lipinski definition) is 0. The molecule has 1 aliphatic carbocycles. The second kappa shape index (κ2) is 9.24. The Morgan fingerprint density at radius 2 is 1.55 bits per heavy atom. The van der Waals surface area contributed by atoms with E-state index in [1.54, 1.807) is 12.1 Å². The first-order chi connectivity index (χ1) is 16.2. The molecule has 0 saturated heterocycles. The lowest BCUT2D eigenvalue weighted by Crippen LogP contribution is -2.04. The van der Waals surface area contributed by atoms with E-state index in [1.807, 2.05) is 42.5 Å². The number of hydrogen-bond acceptors (Lipinski definition) is 6. The molecule has 0 atom stereocenters. The molecule has 1 heterocycles. The first kappa shape index (κ1) is 20.9. The summed E-state index contributed by atoms with van der Waals surface area (Å²) in [4.78, 5) is 11.3. The smallest absolute Gasteiger partial charge is 0.312 e. The molecule has 3 aromatic carbocycles. The van der Waals surface area contributed by atoms with Crippen molar-refractivity contribution < 1.29 is 14.1 Å². The summed E-state index contributed by atoms with van der Waals surface area (Å²) in [6.07, 6.45) is 6.29. The predicted octanol–water partition coefficient (Wildman–Crippen LogP) is 7.15. The molecule has 0 aliphatic heterocycles. The van der Waals surface area contributed by atoms with Crippen LogP contribution in [-0.4, -0.2) is 15.1 Å². The fourth-order valence-electron chi connectivity index (χ4n) is 4.29. The third-order valence-corrected chi connectivity index (χ3v) is 6.03. The van der Waals surface area contributed by atoms with Crippen LogP contribution in [0.3, 0.4) is 0 Å². The molecule has 7 nitrogen and oxygen atoms in total. The number of nitrogens with zero attached hydrogens (tertiary/aromatic N) is 3. The number of rotatable bonds is 6. The maximum atomic E-state index is 11.7. The van der Waals surface area contributed by atoms with Crippen molar-refractivity contribution in [2.45, 2.75) is 38.0 Å². The molecule has 0 amide bonds. The zero-order chi connectivity index (χ0) is 22.6. The fraction of sp³-hybridized carbons (Fsp3) is 0.231. The molecular weight excluding hydrogens is 418 g/mol. The van der Waals surface area contributed by atoms with Crippen molar-refractivity contribution in [1.82, 2.24) is 10.2 Å². The molecule has 0 unspecified atom stereocenters. The molecule has 4 aromatic rings. The molecule has 1 fully saturated rings. The quantitative estimate of drug-likeness (QED) is 0.233. The van der Waals surface area contributed by atoms with Crippen LogP contribution >= 0.6 is 0 Å². The van der Waals surface area contributed by atoms with Gasteiger partial charge in [-0.25, -0.2) is 0 Å². The standard InChI is InChI=1S/C26H23N3O4/c30-29(31)23-17-21(26-28-27-25(33-26)20-9-5-2-6-10-20)13-16-24(23)32-22-14-11-19(12-15-22)18-7-3-1-4-8-18/h2,5-6,9-18H,1,3-4,7-8H2. The average molecular weight is 441 g/mol. The van der Waals surface area contributed by atoms with Gasteiger partial charge < -0.3 is 9.15 Å². The van der Waals surface area contributed by atoms with Crippen LogP contribution in [0.15, 0.2) is 77.2 Å². The van der Waals surface area contributed by atoms with E-state index >= 15 is 0 Å². The first-order valence-electron chi connectivity index (χ1n) is 11.1. The Hall–Kier alpha value is -4.00. The number of benzene rings is 3. The van der Waals surface area contributed by atoms with Crippen molar-refractivity contribution in [2.24, 2.45) is 0 Å². The van der Waals surface area contributed by atoms with Crippen LogP contribution in [0.2, 0.25) is 0 Å². The van der Waals surface area contributed by atoms with E-state index in [0.29, 0.717) is 23.1 Å². The fourth-order valence-corrected chi connectivity index (χ4v) is 4.29. The summed E-state index contributed by atoms with van der Waals surface area (Å²) < 4.78 is 11.6. The van der Waals surface area contributed by atoms with Crippen LogP contribution in [0.5, 0.6) is 11.5 Å². The zero-order valence-corrected chi connectivity index (χ0v) is 18.0. The predicted molar refractivity (Wildman–Crippen MR) is 124 cm³/mol. The Morgan fingerprint density at radius 1 is 0.848 bits per heavy atom. The highest BCUT2D eigenvalue weighted by molar-refractivity contribution is 5.64. The Labute approximate surface area is 191 Å². The minimum Gasteiger partial charge on any atom is -0.450 e. The molecule has 0 radical (unpaired) electrons. The topological polar surface area (TPSA) is 91.3 Å². The lowest BCUT2D eigenvalue weighted by molar-refractivity contribution is -0.385. The van der Waals surface area contributed by atoms with Gasteiger partial charge in [0.15, 0.2) is 0 Å². The number of aromatic nitrogens is 2. The molecule has 7 heteroatoms.